The number of halogens is 1. The second kappa shape index (κ2) is 7.40. The summed E-state index contributed by atoms with van der Waals surface area (Å²) < 4.78 is 11.9. The van der Waals surface area contributed by atoms with E-state index in [9.17, 15) is 4.79 Å². The van der Waals surface area contributed by atoms with E-state index in [-0.39, 0.29) is 18.3 Å². The zero-order valence-electron chi connectivity index (χ0n) is 13.0. The highest BCUT2D eigenvalue weighted by molar-refractivity contribution is 9.10. The first-order valence-electron chi connectivity index (χ1n) is 7.44. The standard InChI is InChI=1S/C18H15BrN2O3/c1-12(23-16(22)11-13-7-9-15(19)10-8-13)17-20-21-18(24-17)14-5-3-2-4-6-14/h2-10,12H,11H2,1H3/t12-/m0/s1. The molecule has 0 bridgehead atoms. The molecule has 0 saturated carbocycles. The van der Waals surface area contributed by atoms with Gasteiger partial charge in [-0.25, -0.2) is 0 Å². The zero-order valence-corrected chi connectivity index (χ0v) is 14.6. The predicted molar refractivity (Wildman–Crippen MR) is 92.1 cm³/mol. The molecule has 0 amide bonds. The number of carbonyl (C=O) groups is 1. The summed E-state index contributed by atoms with van der Waals surface area (Å²) in [6.07, 6.45) is -0.407. The molecule has 0 spiro atoms. The van der Waals surface area contributed by atoms with Crippen molar-refractivity contribution in [3.05, 3.63) is 70.5 Å². The lowest BCUT2D eigenvalue weighted by Gasteiger charge is -2.09. The minimum atomic E-state index is -0.599. The maximum absolute atomic E-state index is 12.0. The molecule has 1 aromatic heterocycles. The highest BCUT2D eigenvalue weighted by atomic mass is 79.9. The summed E-state index contributed by atoms with van der Waals surface area (Å²) in [7, 11) is 0. The number of aromatic nitrogens is 2. The van der Waals surface area contributed by atoms with Crippen molar-refractivity contribution in [2.75, 3.05) is 0 Å². The van der Waals surface area contributed by atoms with Gasteiger partial charge in [0, 0.05) is 10.0 Å². The summed E-state index contributed by atoms with van der Waals surface area (Å²) in [5, 5.41) is 7.96. The number of hydrogen-bond acceptors (Lipinski definition) is 5. The lowest BCUT2D eigenvalue weighted by atomic mass is 10.1. The van der Waals surface area contributed by atoms with Crippen LogP contribution in [0.5, 0.6) is 0 Å². The summed E-state index contributed by atoms with van der Waals surface area (Å²) in [6.45, 7) is 1.71. The van der Waals surface area contributed by atoms with Gasteiger partial charge in [0.1, 0.15) is 0 Å². The second-order valence-corrected chi connectivity index (χ2v) is 6.16. The molecule has 6 heteroatoms. The van der Waals surface area contributed by atoms with Gasteiger partial charge in [-0.05, 0) is 36.8 Å². The fourth-order valence-corrected chi connectivity index (χ4v) is 2.42. The molecule has 1 atom stereocenters. The van der Waals surface area contributed by atoms with Crippen LogP contribution in [0.4, 0.5) is 0 Å². The van der Waals surface area contributed by atoms with E-state index < -0.39 is 6.10 Å². The van der Waals surface area contributed by atoms with Gasteiger partial charge >= 0.3 is 5.97 Å². The Bertz CT molecular complexity index is 816. The smallest absolute Gasteiger partial charge is 0.311 e. The van der Waals surface area contributed by atoms with Crippen molar-refractivity contribution < 1.29 is 13.9 Å². The first-order valence-corrected chi connectivity index (χ1v) is 8.24. The van der Waals surface area contributed by atoms with Crippen LogP contribution in [0, 0.1) is 0 Å². The molecule has 0 N–H and O–H groups in total. The molecule has 2 aromatic carbocycles. The van der Waals surface area contributed by atoms with Crippen LogP contribution < -0.4 is 0 Å². The number of esters is 1. The molecule has 0 aliphatic heterocycles. The van der Waals surface area contributed by atoms with Crippen LogP contribution in [-0.4, -0.2) is 16.2 Å². The molecule has 0 aliphatic rings. The minimum absolute atomic E-state index is 0.192. The Kier molecular flexibility index (Phi) is 5.05. The lowest BCUT2D eigenvalue weighted by Crippen LogP contribution is -2.11. The van der Waals surface area contributed by atoms with Gasteiger partial charge in [-0.15, -0.1) is 10.2 Å². The fourth-order valence-electron chi connectivity index (χ4n) is 2.15. The third-order valence-electron chi connectivity index (χ3n) is 3.38. The molecule has 3 aromatic rings. The number of hydrogen-bond donors (Lipinski definition) is 0. The Morgan fingerprint density at radius 3 is 2.54 bits per heavy atom. The van der Waals surface area contributed by atoms with E-state index in [2.05, 4.69) is 26.1 Å². The van der Waals surface area contributed by atoms with Crippen molar-refractivity contribution in [1.29, 1.82) is 0 Å². The Hall–Kier alpha value is -2.47. The third-order valence-corrected chi connectivity index (χ3v) is 3.91. The van der Waals surface area contributed by atoms with Crippen molar-refractivity contribution in [1.82, 2.24) is 10.2 Å². The van der Waals surface area contributed by atoms with Gasteiger partial charge in [-0.1, -0.05) is 46.3 Å². The Morgan fingerprint density at radius 2 is 1.83 bits per heavy atom. The van der Waals surface area contributed by atoms with Gasteiger partial charge in [0.25, 0.3) is 5.89 Å². The van der Waals surface area contributed by atoms with Gasteiger partial charge in [-0.3, -0.25) is 4.79 Å². The molecular formula is C18H15BrN2O3. The Morgan fingerprint density at radius 1 is 1.12 bits per heavy atom. The molecular weight excluding hydrogens is 372 g/mol. The highest BCUT2D eigenvalue weighted by Crippen LogP contribution is 2.22. The molecule has 0 unspecified atom stereocenters. The van der Waals surface area contributed by atoms with E-state index >= 15 is 0 Å². The first kappa shape index (κ1) is 16.4. The van der Waals surface area contributed by atoms with Crippen LogP contribution in [0.15, 0.2) is 63.5 Å². The number of benzene rings is 2. The molecule has 0 radical (unpaired) electrons. The van der Waals surface area contributed by atoms with E-state index in [1.54, 1.807) is 6.92 Å². The summed E-state index contributed by atoms with van der Waals surface area (Å²) in [4.78, 5) is 12.0. The molecule has 24 heavy (non-hydrogen) atoms. The lowest BCUT2D eigenvalue weighted by molar-refractivity contribution is -0.148. The van der Waals surface area contributed by atoms with Crippen LogP contribution in [0.1, 0.15) is 24.5 Å². The molecule has 5 nitrogen and oxygen atoms in total. The van der Waals surface area contributed by atoms with E-state index in [0.29, 0.717) is 5.89 Å². The molecule has 3 rings (SSSR count). The van der Waals surface area contributed by atoms with Crippen LogP contribution in [-0.2, 0) is 16.0 Å². The summed E-state index contributed by atoms with van der Waals surface area (Å²) in [5.41, 5.74) is 1.70. The largest absolute Gasteiger partial charge is 0.452 e. The van der Waals surface area contributed by atoms with E-state index in [1.807, 2.05) is 54.6 Å². The topological polar surface area (TPSA) is 65.2 Å². The van der Waals surface area contributed by atoms with Crippen LogP contribution in [0.3, 0.4) is 0 Å². The van der Waals surface area contributed by atoms with Crippen molar-refractivity contribution >= 4 is 21.9 Å². The highest BCUT2D eigenvalue weighted by Gasteiger charge is 2.19. The second-order valence-electron chi connectivity index (χ2n) is 5.25. The van der Waals surface area contributed by atoms with Crippen molar-refractivity contribution in [2.45, 2.75) is 19.4 Å². The predicted octanol–water partition coefficient (Wildman–Crippen LogP) is 4.35. The van der Waals surface area contributed by atoms with Gasteiger partial charge in [0.15, 0.2) is 6.10 Å². The van der Waals surface area contributed by atoms with Gasteiger partial charge in [0.2, 0.25) is 5.89 Å². The SMILES string of the molecule is C[C@H](OC(=O)Cc1ccc(Br)cc1)c1nnc(-c2ccccc2)o1. The Balaban J connectivity index is 1.62. The van der Waals surface area contributed by atoms with Gasteiger partial charge in [-0.2, -0.15) is 0 Å². The third kappa shape index (κ3) is 4.08. The summed E-state index contributed by atoms with van der Waals surface area (Å²) in [5.74, 6) is 0.337. The number of carbonyl (C=O) groups excluding carboxylic acids is 1. The molecule has 0 saturated heterocycles. The fraction of sp³-hybridized carbons (Fsp3) is 0.167. The van der Waals surface area contributed by atoms with Gasteiger partial charge < -0.3 is 9.15 Å². The molecule has 0 fully saturated rings. The zero-order chi connectivity index (χ0) is 16.9. The van der Waals surface area contributed by atoms with Crippen molar-refractivity contribution in [3.63, 3.8) is 0 Å². The van der Waals surface area contributed by atoms with Crippen LogP contribution >= 0.6 is 15.9 Å². The van der Waals surface area contributed by atoms with E-state index in [1.165, 1.54) is 0 Å². The quantitative estimate of drug-likeness (QED) is 0.609. The van der Waals surface area contributed by atoms with Crippen LogP contribution in [0.2, 0.25) is 0 Å². The number of rotatable bonds is 5. The molecule has 122 valence electrons. The van der Waals surface area contributed by atoms with Gasteiger partial charge in [0.05, 0.1) is 6.42 Å². The minimum Gasteiger partial charge on any atom is -0.452 e. The Labute approximate surface area is 147 Å². The van der Waals surface area contributed by atoms with E-state index in [0.717, 1.165) is 15.6 Å². The first-order chi connectivity index (χ1) is 11.6. The van der Waals surface area contributed by atoms with Crippen molar-refractivity contribution in [2.24, 2.45) is 0 Å². The molecule has 0 aliphatic carbocycles. The molecule has 1 heterocycles. The number of ether oxygens (including phenoxy) is 1. The monoisotopic (exact) mass is 386 g/mol. The maximum atomic E-state index is 12.0. The normalized spacial score (nSPS) is 11.9. The average molecular weight is 387 g/mol. The summed E-state index contributed by atoms with van der Waals surface area (Å²) in [6, 6.07) is 17.0. The number of nitrogens with zero attached hydrogens (tertiary/aromatic N) is 2. The summed E-state index contributed by atoms with van der Waals surface area (Å²) >= 11 is 3.36. The average Bonchev–Trinajstić information content (AvgIpc) is 3.08. The van der Waals surface area contributed by atoms with E-state index in [4.69, 9.17) is 9.15 Å². The van der Waals surface area contributed by atoms with Crippen LogP contribution in [0.25, 0.3) is 11.5 Å². The van der Waals surface area contributed by atoms with Crippen molar-refractivity contribution in [3.8, 4) is 11.5 Å². The maximum Gasteiger partial charge on any atom is 0.311 e.